The highest BCUT2D eigenvalue weighted by Gasteiger charge is 2.44. The van der Waals surface area contributed by atoms with Crippen LogP contribution in [0.15, 0.2) is 54.2 Å². The predicted molar refractivity (Wildman–Crippen MR) is 114 cm³/mol. The molecule has 0 saturated carbocycles. The molecule has 2 aliphatic heterocycles. The minimum absolute atomic E-state index is 0.0391. The average Bonchev–Trinajstić information content (AvgIpc) is 2.93. The number of carbonyl (C=O) groups excluding carboxylic acids is 2. The molecule has 6 heteroatoms. The maximum absolute atomic E-state index is 13.5. The molecule has 2 atom stereocenters. The number of rotatable bonds is 3. The zero-order valence-corrected chi connectivity index (χ0v) is 17.4. The Morgan fingerprint density at radius 3 is 2.17 bits per heavy atom. The van der Waals surface area contributed by atoms with E-state index in [-0.39, 0.29) is 24.0 Å². The summed E-state index contributed by atoms with van der Waals surface area (Å²) < 4.78 is 5.83. The summed E-state index contributed by atoms with van der Waals surface area (Å²) in [6, 6.07) is 14.6. The zero-order chi connectivity index (χ0) is 20.7. The number of ether oxygens (including phenoxy) is 1. The first kappa shape index (κ1) is 19.7. The number of carbonyl (C=O) groups is 2. The predicted octanol–water partition coefficient (Wildman–Crippen LogP) is 4.04. The number of halogens is 1. The second-order valence-corrected chi connectivity index (χ2v) is 8.06. The van der Waals surface area contributed by atoms with Crippen molar-refractivity contribution in [3.8, 4) is 0 Å². The van der Waals surface area contributed by atoms with Crippen molar-refractivity contribution >= 4 is 34.7 Å². The third kappa shape index (κ3) is 3.56. The second kappa shape index (κ2) is 7.65. The fourth-order valence-electron chi connectivity index (χ4n) is 4.00. The number of amides is 2. The van der Waals surface area contributed by atoms with Crippen molar-refractivity contribution in [3.63, 3.8) is 0 Å². The van der Waals surface area contributed by atoms with Crippen LogP contribution in [0.25, 0.3) is 5.57 Å². The Morgan fingerprint density at radius 2 is 1.55 bits per heavy atom. The summed E-state index contributed by atoms with van der Waals surface area (Å²) in [5, 5.41) is 0.363. The van der Waals surface area contributed by atoms with E-state index in [1.54, 1.807) is 24.3 Å². The van der Waals surface area contributed by atoms with Gasteiger partial charge in [-0.15, -0.1) is 0 Å². The first-order chi connectivity index (χ1) is 13.9. The van der Waals surface area contributed by atoms with Crippen molar-refractivity contribution in [2.75, 3.05) is 18.0 Å². The summed E-state index contributed by atoms with van der Waals surface area (Å²) >= 11 is 6.33. The van der Waals surface area contributed by atoms with E-state index >= 15 is 0 Å². The first-order valence-corrected chi connectivity index (χ1v) is 10.1. The minimum atomic E-state index is -0.353. The number of benzene rings is 2. The van der Waals surface area contributed by atoms with Gasteiger partial charge in [0.15, 0.2) is 0 Å². The van der Waals surface area contributed by atoms with Gasteiger partial charge in [-0.25, -0.2) is 4.90 Å². The van der Waals surface area contributed by atoms with Gasteiger partial charge in [-0.3, -0.25) is 9.59 Å². The lowest BCUT2D eigenvalue weighted by atomic mass is 10.0. The molecule has 0 N–H and O–H groups in total. The largest absolute Gasteiger partial charge is 0.372 e. The summed E-state index contributed by atoms with van der Waals surface area (Å²) in [7, 11) is 0. The number of morpholine rings is 1. The van der Waals surface area contributed by atoms with Crippen LogP contribution in [-0.2, 0) is 14.3 Å². The third-order valence-electron chi connectivity index (χ3n) is 5.23. The van der Waals surface area contributed by atoms with Crippen LogP contribution in [0, 0.1) is 6.92 Å². The molecule has 0 bridgehead atoms. The molecule has 1 fully saturated rings. The Hall–Kier alpha value is -2.63. The summed E-state index contributed by atoms with van der Waals surface area (Å²) in [6.45, 7) is 7.03. The van der Waals surface area contributed by atoms with Crippen LogP contribution in [0.3, 0.4) is 0 Å². The molecule has 0 spiro atoms. The van der Waals surface area contributed by atoms with Gasteiger partial charge in [0.25, 0.3) is 11.8 Å². The van der Waals surface area contributed by atoms with E-state index in [0.717, 1.165) is 11.1 Å². The van der Waals surface area contributed by atoms with E-state index in [9.17, 15) is 9.59 Å². The van der Waals surface area contributed by atoms with Crippen molar-refractivity contribution in [1.29, 1.82) is 0 Å². The molecule has 5 nitrogen and oxygen atoms in total. The summed E-state index contributed by atoms with van der Waals surface area (Å²) in [5.41, 5.74) is 3.05. The molecule has 0 radical (unpaired) electrons. The number of anilines is 1. The molecular weight excluding hydrogens is 388 g/mol. The van der Waals surface area contributed by atoms with Gasteiger partial charge in [-0.2, -0.15) is 0 Å². The third-order valence-corrected chi connectivity index (χ3v) is 5.55. The molecule has 2 unspecified atom stereocenters. The molecule has 0 aliphatic carbocycles. The molecule has 2 aliphatic rings. The van der Waals surface area contributed by atoms with Gasteiger partial charge in [-0.05, 0) is 38.5 Å². The molecular formula is C23H23ClN2O3. The highest BCUT2D eigenvalue weighted by molar-refractivity contribution is 6.47. The number of aryl methyl sites for hydroxylation is 1. The molecule has 4 rings (SSSR count). The quantitative estimate of drug-likeness (QED) is 0.716. The van der Waals surface area contributed by atoms with Crippen LogP contribution in [0.2, 0.25) is 5.02 Å². The van der Waals surface area contributed by atoms with Crippen LogP contribution in [0.1, 0.15) is 25.0 Å². The van der Waals surface area contributed by atoms with E-state index in [4.69, 9.17) is 16.3 Å². The van der Waals surface area contributed by atoms with Gasteiger partial charge in [0.1, 0.15) is 5.70 Å². The van der Waals surface area contributed by atoms with E-state index in [1.165, 1.54) is 4.90 Å². The van der Waals surface area contributed by atoms with Crippen LogP contribution >= 0.6 is 11.6 Å². The maximum Gasteiger partial charge on any atom is 0.282 e. The molecule has 1 saturated heterocycles. The van der Waals surface area contributed by atoms with Crippen molar-refractivity contribution < 1.29 is 14.3 Å². The Balaban J connectivity index is 1.85. The highest BCUT2D eigenvalue weighted by Crippen LogP contribution is 2.38. The van der Waals surface area contributed by atoms with Crippen molar-refractivity contribution in [2.24, 2.45) is 0 Å². The molecule has 29 heavy (non-hydrogen) atoms. The lowest BCUT2D eigenvalue weighted by molar-refractivity contribution is -0.121. The standard InChI is InChI=1S/C23H23ClN2O3/c1-14-8-10-17(11-9-14)20-21(25-12-15(2)29-16(3)13-25)23(28)26(22(20)27)19-7-5-4-6-18(19)24/h4-11,15-16H,12-13H2,1-3H3. The highest BCUT2D eigenvalue weighted by atomic mass is 35.5. The average molecular weight is 411 g/mol. The lowest BCUT2D eigenvalue weighted by Crippen LogP contribution is -2.47. The van der Waals surface area contributed by atoms with E-state index in [1.807, 2.05) is 49.9 Å². The molecule has 0 aromatic heterocycles. The number of imide groups is 1. The van der Waals surface area contributed by atoms with E-state index in [2.05, 4.69) is 0 Å². The van der Waals surface area contributed by atoms with Crippen LogP contribution in [-0.4, -0.2) is 42.0 Å². The number of hydrogen-bond acceptors (Lipinski definition) is 4. The summed E-state index contributed by atoms with van der Waals surface area (Å²) in [6.07, 6.45) is -0.0782. The minimum Gasteiger partial charge on any atom is -0.372 e. The molecule has 2 amide bonds. The van der Waals surface area contributed by atoms with Crippen molar-refractivity contribution in [3.05, 3.63) is 70.4 Å². The van der Waals surface area contributed by atoms with Crippen LogP contribution in [0.5, 0.6) is 0 Å². The molecule has 2 heterocycles. The maximum atomic E-state index is 13.5. The Labute approximate surface area is 175 Å². The number of hydrogen-bond donors (Lipinski definition) is 0. The fourth-order valence-corrected chi connectivity index (χ4v) is 4.22. The Kier molecular flexibility index (Phi) is 5.19. The smallest absolute Gasteiger partial charge is 0.282 e. The monoisotopic (exact) mass is 410 g/mol. The van der Waals surface area contributed by atoms with Gasteiger partial charge in [0.05, 0.1) is 28.5 Å². The number of nitrogens with zero attached hydrogens (tertiary/aromatic N) is 2. The van der Waals surface area contributed by atoms with Gasteiger partial charge in [-0.1, -0.05) is 53.6 Å². The van der Waals surface area contributed by atoms with E-state index < -0.39 is 0 Å². The fraction of sp³-hybridized carbons (Fsp3) is 0.304. The summed E-state index contributed by atoms with van der Waals surface area (Å²) in [4.78, 5) is 30.2. The van der Waals surface area contributed by atoms with Crippen molar-refractivity contribution in [1.82, 2.24) is 4.90 Å². The normalized spacial score (nSPS) is 22.6. The Morgan fingerprint density at radius 1 is 0.931 bits per heavy atom. The van der Waals surface area contributed by atoms with Gasteiger partial charge in [0, 0.05) is 13.1 Å². The van der Waals surface area contributed by atoms with Crippen molar-refractivity contribution in [2.45, 2.75) is 33.0 Å². The van der Waals surface area contributed by atoms with Crippen LogP contribution in [0.4, 0.5) is 5.69 Å². The summed E-state index contributed by atoms with van der Waals surface area (Å²) in [5.74, 6) is -0.700. The molecule has 2 aromatic carbocycles. The van der Waals surface area contributed by atoms with E-state index in [0.29, 0.717) is 35.1 Å². The second-order valence-electron chi connectivity index (χ2n) is 7.65. The zero-order valence-electron chi connectivity index (χ0n) is 16.7. The SMILES string of the molecule is Cc1ccc(C2=C(N3CC(C)OC(C)C3)C(=O)N(c3ccccc3Cl)C2=O)cc1. The van der Waals surface area contributed by atoms with Crippen LogP contribution < -0.4 is 4.90 Å². The van der Waals surface area contributed by atoms with Gasteiger partial charge < -0.3 is 9.64 Å². The molecule has 2 aromatic rings. The topological polar surface area (TPSA) is 49.9 Å². The van der Waals surface area contributed by atoms with Gasteiger partial charge in [0.2, 0.25) is 0 Å². The molecule has 150 valence electrons. The first-order valence-electron chi connectivity index (χ1n) is 9.72. The van der Waals surface area contributed by atoms with Gasteiger partial charge >= 0.3 is 0 Å². The Bertz CT molecular complexity index is 989. The lowest BCUT2D eigenvalue weighted by Gasteiger charge is -2.37. The number of para-hydroxylation sites is 1.